The summed E-state index contributed by atoms with van der Waals surface area (Å²) in [6.07, 6.45) is -3.06. The Balaban J connectivity index is 2.76. The zero-order valence-corrected chi connectivity index (χ0v) is 10.0. The maximum atomic E-state index is 12.8. The van der Waals surface area contributed by atoms with Crippen molar-refractivity contribution in [1.29, 1.82) is 0 Å². The smallest absolute Gasteiger partial charge is 0.288 e. The fourth-order valence-electron chi connectivity index (χ4n) is 1.44. The first kappa shape index (κ1) is 12.4. The lowest BCUT2D eigenvalue weighted by atomic mass is 10.1. The first-order valence-electron chi connectivity index (χ1n) is 4.38. The standard InChI is InChI=1S/C9H6ClF3N2OS/c1-17-14-7-5(8(16)15-17)2-4(10)3-6(7)9(11,12)13/h2-3H,1H3,(H,14,15,16). The lowest BCUT2D eigenvalue weighted by Crippen LogP contribution is -2.28. The summed E-state index contributed by atoms with van der Waals surface area (Å²) >= 11 is 5.57. The number of halogens is 4. The Morgan fingerprint density at radius 3 is 2.65 bits per heavy atom. The Labute approximate surface area is 102 Å². The molecule has 1 aliphatic heterocycles. The lowest BCUT2D eigenvalue weighted by molar-refractivity contribution is -0.137. The first-order chi connectivity index (χ1) is 7.79. The summed E-state index contributed by atoms with van der Waals surface area (Å²) in [5.74, 6) is -0.589. The molecule has 2 rings (SSSR count). The van der Waals surface area contributed by atoms with Crippen LogP contribution in [0.15, 0.2) is 16.5 Å². The second-order valence-electron chi connectivity index (χ2n) is 3.35. The van der Waals surface area contributed by atoms with E-state index in [4.69, 9.17) is 11.6 Å². The number of hydrogen-bond donors (Lipinski definition) is 1. The van der Waals surface area contributed by atoms with Gasteiger partial charge in [0, 0.05) is 11.3 Å². The average Bonchev–Trinajstić information content (AvgIpc) is 2.16. The molecule has 0 aliphatic carbocycles. The topological polar surface area (TPSA) is 41.5 Å². The molecule has 8 heteroatoms. The summed E-state index contributed by atoms with van der Waals surface area (Å²) in [6, 6.07) is 1.96. The molecule has 1 heterocycles. The molecular formula is C9H6ClF3N2OS. The number of alkyl halides is 3. The molecule has 0 saturated carbocycles. The molecule has 1 unspecified atom stereocenters. The van der Waals surface area contributed by atoms with Crippen LogP contribution >= 0.6 is 11.6 Å². The maximum absolute atomic E-state index is 12.8. The molecule has 0 fully saturated rings. The van der Waals surface area contributed by atoms with Gasteiger partial charge in [0.1, 0.15) is 0 Å². The summed E-state index contributed by atoms with van der Waals surface area (Å²) in [4.78, 5) is 11.5. The van der Waals surface area contributed by atoms with E-state index in [1.165, 1.54) is 12.3 Å². The highest BCUT2D eigenvalue weighted by Gasteiger charge is 2.37. The molecule has 0 saturated heterocycles. The summed E-state index contributed by atoms with van der Waals surface area (Å²) in [6.45, 7) is 0. The zero-order valence-electron chi connectivity index (χ0n) is 8.43. The van der Waals surface area contributed by atoms with Crippen molar-refractivity contribution in [2.24, 2.45) is 4.36 Å². The molecule has 0 spiro atoms. The van der Waals surface area contributed by atoms with E-state index in [2.05, 4.69) is 9.08 Å². The minimum Gasteiger partial charge on any atom is -0.288 e. The summed E-state index contributed by atoms with van der Waals surface area (Å²) in [7, 11) is -0.951. The Morgan fingerprint density at radius 2 is 2.06 bits per heavy atom. The predicted molar refractivity (Wildman–Crippen MR) is 59.3 cm³/mol. The van der Waals surface area contributed by atoms with Crippen molar-refractivity contribution in [3.05, 3.63) is 28.3 Å². The van der Waals surface area contributed by atoms with Crippen molar-refractivity contribution in [1.82, 2.24) is 4.72 Å². The number of hydrogen-bond acceptors (Lipinski definition) is 2. The molecule has 92 valence electrons. The van der Waals surface area contributed by atoms with Crippen molar-refractivity contribution in [3.8, 4) is 0 Å². The predicted octanol–water partition coefficient (Wildman–Crippen LogP) is 3.08. The minimum atomic E-state index is -4.58. The minimum absolute atomic E-state index is 0.140. The quantitative estimate of drug-likeness (QED) is 0.780. The second kappa shape index (κ2) is 3.99. The van der Waals surface area contributed by atoms with Crippen LogP contribution < -0.4 is 4.72 Å². The van der Waals surface area contributed by atoms with Gasteiger partial charge in [0.15, 0.2) is 0 Å². The lowest BCUT2D eigenvalue weighted by Gasteiger charge is -2.19. The van der Waals surface area contributed by atoms with Crippen molar-refractivity contribution in [3.63, 3.8) is 0 Å². The van der Waals surface area contributed by atoms with Crippen LogP contribution in [0.1, 0.15) is 15.9 Å². The normalized spacial score (nSPS) is 19.4. The first-order valence-corrected chi connectivity index (χ1v) is 6.35. The highest BCUT2D eigenvalue weighted by atomic mass is 35.5. The molecule has 0 aromatic heterocycles. The molecule has 3 nitrogen and oxygen atoms in total. The van der Waals surface area contributed by atoms with Crippen molar-refractivity contribution >= 4 is 34.1 Å². The Hall–Kier alpha value is -1.08. The third-order valence-electron chi connectivity index (χ3n) is 2.09. The molecule has 17 heavy (non-hydrogen) atoms. The largest absolute Gasteiger partial charge is 0.418 e. The number of nitrogens with one attached hydrogen (secondary N) is 1. The van der Waals surface area contributed by atoms with Crippen LogP contribution in [0.4, 0.5) is 18.9 Å². The van der Waals surface area contributed by atoms with Crippen LogP contribution in [0.3, 0.4) is 0 Å². The Bertz CT molecular complexity index is 542. The molecule has 1 aliphatic rings. The van der Waals surface area contributed by atoms with E-state index in [0.29, 0.717) is 0 Å². The van der Waals surface area contributed by atoms with Crippen molar-refractivity contribution in [2.45, 2.75) is 6.18 Å². The third-order valence-corrected chi connectivity index (χ3v) is 3.25. The van der Waals surface area contributed by atoms with E-state index in [1.54, 1.807) is 0 Å². The molecule has 1 aromatic rings. The van der Waals surface area contributed by atoms with Gasteiger partial charge in [-0.2, -0.15) is 13.2 Å². The van der Waals surface area contributed by atoms with E-state index in [9.17, 15) is 18.0 Å². The molecule has 1 N–H and O–H groups in total. The number of benzene rings is 1. The van der Waals surface area contributed by atoms with Gasteiger partial charge in [-0.25, -0.2) is 4.36 Å². The van der Waals surface area contributed by atoms with Crippen molar-refractivity contribution in [2.75, 3.05) is 6.26 Å². The maximum Gasteiger partial charge on any atom is 0.418 e. The molecule has 1 aromatic carbocycles. The SMILES string of the molecule is CS1=Nc2c(cc(Cl)cc2C(F)(F)F)C(=O)N1. The van der Waals surface area contributed by atoms with Crippen LogP contribution in [0, 0.1) is 0 Å². The van der Waals surface area contributed by atoms with Gasteiger partial charge in [-0.15, -0.1) is 0 Å². The molecular weight excluding hydrogens is 277 g/mol. The van der Waals surface area contributed by atoms with E-state index in [-0.39, 0.29) is 16.3 Å². The Kier molecular flexibility index (Phi) is 2.90. The Morgan fingerprint density at radius 1 is 1.41 bits per heavy atom. The highest BCUT2D eigenvalue weighted by Crippen LogP contribution is 2.41. The van der Waals surface area contributed by atoms with Gasteiger partial charge in [0.2, 0.25) is 0 Å². The van der Waals surface area contributed by atoms with Crippen molar-refractivity contribution < 1.29 is 18.0 Å². The van der Waals surface area contributed by atoms with Gasteiger partial charge in [0.25, 0.3) is 5.91 Å². The fourth-order valence-corrected chi connectivity index (χ4v) is 2.55. The monoisotopic (exact) mass is 282 g/mol. The van der Waals surface area contributed by atoms with Gasteiger partial charge < -0.3 is 0 Å². The van der Waals surface area contributed by atoms with Gasteiger partial charge in [-0.1, -0.05) is 11.6 Å². The van der Waals surface area contributed by atoms with Gasteiger partial charge in [0.05, 0.1) is 16.8 Å². The summed E-state index contributed by atoms with van der Waals surface area (Å²) in [5.41, 5.74) is -1.46. The number of fused-ring (bicyclic) bond motifs is 1. The number of nitrogens with zero attached hydrogens (tertiary/aromatic N) is 1. The second-order valence-corrected chi connectivity index (χ2v) is 5.13. The number of carbonyl (C=O) groups is 1. The number of carbonyl (C=O) groups excluding carboxylic acids is 1. The third kappa shape index (κ3) is 2.30. The highest BCUT2D eigenvalue weighted by molar-refractivity contribution is 7.85. The molecule has 0 radical (unpaired) electrons. The van der Waals surface area contributed by atoms with E-state index in [0.717, 1.165) is 6.07 Å². The van der Waals surface area contributed by atoms with Crippen LogP contribution in [-0.2, 0) is 17.1 Å². The number of rotatable bonds is 0. The van der Waals surface area contributed by atoms with E-state index < -0.39 is 28.5 Å². The molecule has 0 bridgehead atoms. The summed E-state index contributed by atoms with van der Waals surface area (Å²) < 4.78 is 44.5. The van der Waals surface area contributed by atoms with E-state index in [1.807, 2.05) is 0 Å². The van der Waals surface area contributed by atoms with Crippen LogP contribution in [0.25, 0.3) is 0 Å². The van der Waals surface area contributed by atoms with Gasteiger partial charge in [-0.3, -0.25) is 9.52 Å². The molecule has 1 atom stereocenters. The van der Waals surface area contributed by atoms with Crippen LogP contribution in [0.2, 0.25) is 5.02 Å². The van der Waals surface area contributed by atoms with Gasteiger partial charge >= 0.3 is 6.18 Å². The van der Waals surface area contributed by atoms with Crippen LogP contribution in [0.5, 0.6) is 0 Å². The van der Waals surface area contributed by atoms with E-state index >= 15 is 0 Å². The fraction of sp³-hybridized carbons (Fsp3) is 0.222. The summed E-state index contributed by atoms with van der Waals surface area (Å²) in [5, 5.41) is -0.140. The number of amides is 1. The van der Waals surface area contributed by atoms with Crippen LogP contribution in [-0.4, -0.2) is 12.2 Å². The average molecular weight is 283 g/mol. The zero-order chi connectivity index (χ0) is 12.8. The molecule has 1 amide bonds. The van der Waals surface area contributed by atoms with Gasteiger partial charge in [-0.05, 0) is 23.0 Å².